The summed E-state index contributed by atoms with van der Waals surface area (Å²) in [5.41, 5.74) is 0.935. The van der Waals surface area contributed by atoms with Crippen molar-refractivity contribution < 1.29 is 9.32 Å². The molecule has 1 aliphatic carbocycles. The number of nitrogens with zero attached hydrogens (tertiary/aromatic N) is 3. The summed E-state index contributed by atoms with van der Waals surface area (Å²) in [5.74, 6) is 2.10. The highest BCUT2D eigenvalue weighted by molar-refractivity contribution is 5.76. The van der Waals surface area contributed by atoms with Crippen LogP contribution in [0.25, 0.3) is 11.4 Å². The maximum absolute atomic E-state index is 12.7. The Balaban J connectivity index is 1.36. The zero-order chi connectivity index (χ0) is 17.1. The summed E-state index contributed by atoms with van der Waals surface area (Å²) in [6.07, 6.45) is 8.46. The molecule has 1 aliphatic heterocycles. The predicted molar refractivity (Wildman–Crippen MR) is 94.7 cm³/mol. The highest BCUT2D eigenvalue weighted by Gasteiger charge is 2.35. The lowest BCUT2D eigenvalue weighted by atomic mass is 9.78. The Labute approximate surface area is 148 Å². The number of likely N-dealkylation sites (tertiary alicyclic amines) is 1. The van der Waals surface area contributed by atoms with Crippen LogP contribution in [0.1, 0.15) is 50.8 Å². The lowest BCUT2D eigenvalue weighted by Gasteiger charge is -2.44. The van der Waals surface area contributed by atoms with E-state index in [4.69, 9.17) is 4.52 Å². The minimum atomic E-state index is 0.246. The molecule has 2 aromatic rings. The Morgan fingerprint density at radius 1 is 1.12 bits per heavy atom. The Morgan fingerprint density at radius 3 is 2.80 bits per heavy atom. The van der Waals surface area contributed by atoms with Gasteiger partial charge in [-0.05, 0) is 31.6 Å². The van der Waals surface area contributed by atoms with Gasteiger partial charge in [-0.3, -0.25) is 4.79 Å². The lowest BCUT2D eigenvalue weighted by Crippen LogP contribution is -2.49. The van der Waals surface area contributed by atoms with Crippen molar-refractivity contribution in [2.24, 2.45) is 5.92 Å². The van der Waals surface area contributed by atoms with E-state index in [1.807, 2.05) is 30.3 Å². The summed E-state index contributed by atoms with van der Waals surface area (Å²) in [5, 5.41) is 4.03. The number of fused-ring (bicyclic) bond motifs is 1. The first kappa shape index (κ1) is 16.3. The van der Waals surface area contributed by atoms with E-state index in [-0.39, 0.29) is 5.91 Å². The van der Waals surface area contributed by atoms with E-state index in [1.54, 1.807) is 0 Å². The third-order valence-corrected chi connectivity index (χ3v) is 5.62. The molecule has 1 aromatic carbocycles. The van der Waals surface area contributed by atoms with Gasteiger partial charge < -0.3 is 9.42 Å². The number of aromatic nitrogens is 2. The second-order valence-electron chi connectivity index (χ2n) is 7.22. The maximum atomic E-state index is 12.7. The van der Waals surface area contributed by atoms with Gasteiger partial charge in [0.2, 0.25) is 17.6 Å². The standard InChI is InChI=1S/C20H25N3O2/c24-19(23-14-6-10-15-7-4-5-11-17(15)23)13-12-18-21-20(22-25-18)16-8-2-1-3-9-16/h1-3,8-9,15,17H,4-7,10-14H2/t15-,17-/m0/s1. The van der Waals surface area contributed by atoms with Crippen LogP contribution in [0.15, 0.2) is 34.9 Å². The van der Waals surface area contributed by atoms with Gasteiger partial charge in [0, 0.05) is 31.0 Å². The topological polar surface area (TPSA) is 59.2 Å². The zero-order valence-corrected chi connectivity index (χ0v) is 14.6. The molecule has 25 heavy (non-hydrogen) atoms. The van der Waals surface area contributed by atoms with Gasteiger partial charge in [0.05, 0.1) is 0 Å². The van der Waals surface area contributed by atoms with Crippen LogP contribution < -0.4 is 0 Å². The fraction of sp³-hybridized carbons (Fsp3) is 0.550. The van der Waals surface area contributed by atoms with Crippen LogP contribution in [0.2, 0.25) is 0 Å². The molecule has 1 saturated heterocycles. The summed E-state index contributed by atoms with van der Waals surface area (Å²) in [6, 6.07) is 10.2. The summed E-state index contributed by atoms with van der Waals surface area (Å²) < 4.78 is 5.33. The van der Waals surface area contributed by atoms with Gasteiger partial charge >= 0.3 is 0 Å². The molecule has 2 aliphatic rings. The average Bonchev–Trinajstić information content (AvgIpc) is 3.15. The van der Waals surface area contributed by atoms with E-state index in [1.165, 1.54) is 32.1 Å². The summed E-state index contributed by atoms with van der Waals surface area (Å²) in [6.45, 7) is 0.916. The third-order valence-electron chi connectivity index (χ3n) is 5.62. The average molecular weight is 339 g/mol. The Bertz CT molecular complexity index is 711. The van der Waals surface area contributed by atoms with Crippen molar-refractivity contribution in [1.29, 1.82) is 0 Å². The molecular formula is C20H25N3O2. The fourth-order valence-electron chi connectivity index (χ4n) is 4.35. The molecule has 0 N–H and O–H groups in total. The third kappa shape index (κ3) is 3.60. The SMILES string of the molecule is O=C(CCc1nc(-c2ccccc2)no1)N1CCC[C@@H]2CCCC[C@@H]21. The quantitative estimate of drug-likeness (QED) is 0.849. The summed E-state index contributed by atoms with van der Waals surface area (Å²) in [4.78, 5) is 19.3. The van der Waals surface area contributed by atoms with Crippen LogP contribution in [0.4, 0.5) is 0 Å². The highest BCUT2D eigenvalue weighted by atomic mass is 16.5. The lowest BCUT2D eigenvalue weighted by molar-refractivity contribution is -0.137. The summed E-state index contributed by atoms with van der Waals surface area (Å²) >= 11 is 0. The predicted octanol–water partition coefficient (Wildman–Crippen LogP) is 3.85. The smallest absolute Gasteiger partial charge is 0.227 e. The Hall–Kier alpha value is -2.17. The minimum absolute atomic E-state index is 0.246. The zero-order valence-electron chi connectivity index (χ0n) is 14.6. The van der Waals surface area contributed by atoms with Gasteiger partial charge in [0.1, 0.15) is 0 Å². The number of piperidine rings is 1. The van der Waals surface area contributed by atoms with Crippen molar-refractivity contribution in [2.45, 2.75) is 57.4 Å². The van der Waals surface area contributed by atoms with E-state index < -0.39 is 0 Å². The molecule has 1 amide bonds. The number of carbonyl (C=O) groups excluding carboxylic acids is 1. The van der Waals surface area contributed by atoms with Crippen LogP contribution in [-0.4, -0.2) is 33.5 Å². The van der Waals surface area contributed by atoms with Gasteiger partial charge in [-0.25, -0.2) is 0 Å². The van der Waals surface area contributed by atoms with Crippen LogP contribution >= 0.6 is 0 Å². The number of rotatable bonds is 4. The first-order valence-corrected chi connectivity index (χ1v) is 9.49. The maximum Gasteiger partial charge on any atom is 0.227 e. The molecular weight excluding hydrogens is 314 g/mol. The monoisotopic (exact) mass is 339 g/mol. The summed E-state index contributed by atoms with van der Waals surface area (Å²) in [7, 11) is 0. The number of benzene rings is 1. The number of amides is 1. The molecule has 2 fully saturated rings. The first-order chi connectivity index (χ1) is 12.3. The van der Waals surface area contributed by atoms with Gasteiger partial charge in [0.15, 0.2) is 0 Å². The van der Waals surface area contributed by atoms with Gasteiger partial charge in [-0.15, -0.1) is 0 Å². The fourth-order valence-corrected chi connectivity index (χ4v) is 4.35. The van der Waals surface area contributed by atoms with Crippen molar-refractivity contribution in [1.82, 2.24) is 15.0 Å². The number of carbonyl (C=O) groups is 1. The molecule has 1 aromatic heterocycles. The van der Waals surface area contributed by atoms with E-state index in [0.717, 1.165) is 24.4 Å². The number of hydrogen-bond donors (Lipinski definition) is 0. The van der Waals surface area contributed by atoms with E-state index in [0.29, 0.717) is 30.6 Å². The molecule has 4 rings (SSSR count). The molecule has 5 nitrogen and oxygen atoms in total. The molecule has 132 valence electrons. The van der Waals surface area contributed by atoms with E-state index in [2.05, 4.69) is 15.0 Å². The largest absolute Gasteiger partial charge is 0.339 e. The second-order valence-corrected chi connectivity index (χ2v) is 7.22. The second kappa shape index (κ2) is 7.38. The molecule has 0 radical (unpaired) electrons. The van der Waals surface area contributed by atoms with Crippen LogP contribution in [0.3, 0.4) is 0 Å². The highest BCUT2D eigenvalue weighted by Crippen LogP contribution is 2.35. The normalized spacial score (nSPS) is 23.3. The van der Waals surface area contributed by atoms with Crippen molar-refractivity contribution in [3.8, 4) is 11.4 Å². The van der Waals surface area contributed by atoms with Gasteiger partial charge in [0.25, 0.3) is 0 Å². The van der Waals surface area contributed by atoms with Gasteiger partial charge in [-0.2, -0.15) is 4.98 Å². The van der Waals surface area contributed by atoms with Gasteiger partial charge in [-0.1, -0.05) is 48.3 Å². The minimum Gasteiger partial charge on any atom is -0.339 e. The first-order valence-electron chi connectivity index (χ1n) is 9.49. The van der Waals surface area contributed by atoms with Crippen molar-refractivity contribution in [3.05, 3.63) is 36.2 Å². The van der Waals surface area contributed by atoms with E-state index in [9.17, 15) is 4.79 Å². The van der Waals surface area contributed by atoms with Crippen LogP contribution in [0, 0.1) is 5.92 Å². The van der Waals surface area contributed by atoms with Crippen LogP contribution in [0.5, 0.6) is 0 Å². The molecule has 0 unspecified atom stereocenters. The molecule has 5 heteroatoms. The van der Waals surface area contributed by atoms with Crippen molar-refractivity contribution >= 4 is 5.91 Å². The Morgan fingerprint density at radius 2 is 1.92 bits per heavy atom. The molecule has 0 spiro atoms. The Kier molecular flexibility index (Phi) is 4.81. The van der Waals surface area contributed by atoms with Crippen LogP contribution in [-0.2, 0) is 11.2 Å². The molecule has 1 saturated carbocycles. The molecule has 0 bridgehead atoms. The van der Waals surface area contributed by atoms with Crippen molar-refractivity contribution in [2.75, 3.05) is 6.54 Å². The number of aryl methyl sites for hydroxylation is 1. The molecule has 2 heterocycles. The van der Waals surface area contributed by atoms with E-state index >= 15 is 0 Å². The van der Waals surface area contributed by atoms with Crippen molar-refractivity contribution in [3.63, 3.8) is 0 Å². The number of hydrogen-bond acceptors (Lipinski definition) is 4. The molecule has 2 atom stereocenters.